The number of hydrogen-bond acceptors (Lipinski definition) is 4. The molecule has 0 spiro atoms. The second kappa shape index (κ2) is 9.36. The third kappa shape index (κ3) is 5.43. The summed E-state index contributed by atoms with van der Waals surface area (Å²) in [6.45, 7) is 7.89. The Morgan fingerprint density at radius 3 is 2.33 bits per heavy atom. The number of esters is 1. The number of nitriles is 1. The van der Waals surface area contributed by atoms with Crippen molar-refractivity contribution in [3.8, 4) is 6.07 Å². The number of nitrogens with zero attached hydrogens (tertiary/aromatic N) is 2. The summed E-state index contributed by atoms with van der Waals surface area (Å²) in [5, 5.41) is 9.28. The summed E-state index contributed by atoms with van der Waals surface area (Å²) >= 11 is 0. The maximum absolute atomic E-state index is 12.4. The zero-order valence-corrected chi connectivity index (χ0v) is 16.6. The van der Waals surface area contributed by atoms with E-state index in [2.05, 4.69) is 13.8 Å². The Balaban J connectivity index is 2.00. The van der Waals surface area contributed by atoms with Crippen molar-refractivity contribution in [2.24, 2.45) is 0 Å². The molecule has 2 rings (SSSR count). The number of amides is 1. The molecule has 144 valence electrons. The predicted molar refractivity (Wildman–Crippen MR) is 105 cm³/mol. The molecule has 0 radical (unpaired) electrons. The molecule has 1 aromatic rings. The first-order chi connectivity index (χ1) is 12.8. The lowest BCUT2D eigenvalue weighted by atomic mass is 9.97. The van der Waals surface area contributed by atoms with Gasteiger partial charge >= 0.3 is 5.97 Å². The second-order valence-electron chi connectivity index (χ2n) is 7.50. The predicted octanol–water partition coefficient (Wildman–Crippen LogP) is 4.05. The van der Waals surface area contributed by atoms with E-state index < -0.39 is 5.97 Å². The molecule has 1 aliphatic heterocycles. The summed E-state index contributed by atoms with van der Waals surface area (Å²) in [6, 6.07) is 9.83. The molecule has 1 fully saturated rings. The molecule has 0 saturated carbocycles. The highest BCUT2D eigenvalue weighted by molar-refractivity contribution is 5.98. The highest BCUT2D eigenvalue weighted by Gasteiger charge is 2.29. The molecule has 0 bridgehead atoms. The lowest BCUT2D eigenvalue weighted by Gasteiger charge is -2.38. The summed E-state index contributed by atoms with van der Waals surface area (Å²) in [4.78, 5) is 26.4. The Morgan fingerprint density at radius 1 is 1.22 bits per heavy atom. The van der Waals surface area contributed by atoms with Gasteiger partial charge in [-0.2, -0.15) is 5.26 Å². The fourth-order valence-corrected chi connectivity index (χ4v) is 3.47. The van der Waals surface area contributed by atoms with Gasteiger partial charge in [-0.1, -0.05) is 38.1 Å². The summed E-state index contributed by atoms with van der Waals surface area (Å²) in [5.74, 6) is -0.563. The monoisotopic (exact) mass is 368 g/mol. The van der Waals surface area contributed by atoms with Crippen LogP contribution in [0.1, 0.15) is 64.0 Å². The fourth-order valence-electron chi connectivity index (χ4n) is 3.47. The molecule has 0 aromatic heterocycles. The first-order valence-corrected chi connectivity index (χ1v) is 9.53. The van der Waals surface area contributed by atoms with Gasteiger partial charge in [-0.15, -0.1) is 0 Å². The molecule has 5 nitrogen and oxygen atoms in total. The van der Waals surface area contributed by atoms with E-state index in [1.165, 1.54) is 11.6 Å². The molecule has 1 amide bonds. The van der Waals surface area contributed by atoms with Crippen LogP contribution >= 0.6 is 0 Å². The van der Waals surface area contributed by atoms with Gasteiger partial charge in [0.2, 0.25) is 0 Å². The molecule has 1 aliphatic rings. The topological polar surface area (TPSA) is 70.4 Å². The molecule has 1 aromatic carbocycles. The summed E-state index contributed by atoms with van der Waals surface area (Å²) < 4.78 is 5.12. The average molecular weight is 368 g/mol. The van der Waals surface area contributed by atoms with Crippen molar-refractivity contribution in [1.29, 1.82) is 5.26 Å². The van der Waals surface area contributed by atoms with Crippen LogP contribution in [-0.2, 0) is 14.3 Å². The van der Waals surface area contributed by atoms with Gasteiger partial charge in [-0.25, -0.2) is 4.79 Å². The zero-order chi connectivity index (χ0) is 20.0. The standard InChI is InChI=1S/C22H28N2O3/c1-15(2)19-10-8-18(9-11-19)12-20(13-23)22(26)27-14-21(25)24-16(3)6-5-7-17(24)4/h8-12,15-17H,5-7,14H2,1-4H3/b20-12+/t16-,17-/m0/s1. The SMILES string of the molecule is CC(C)c1ccc(/C=C(\C#N)C(=O)OCC(=O)N2[C@@H](C)CCC[C@@H]2C)cc1. The highest BCUT2D eigenvalue weighted by atomic mass is 16.5. The zero-order valence-electron chi connectivity index (χ0n) is 16.6. The second-order valence-corrected chi connectivity index (χ2v) is 7.50. The number of piperidine rings is 1. The van der Waals surface area contributed by atoms with Crippen LogP contribution in [0, 0.1) is 11.3 Å². The van der Waals surface area contributed by atoms with Crippen molar-refractivity contribution in [3.05, 3.63) is 41.0 Å². The highest BCUT2D eigenvalue weighted by Crippen LogP contribution is 2.22. The van der Waals surface area contributed by atoms with Gasteiger partial charge in [-0.05, 0) is 56.2 Å². The van der Waals surface area contributed by atoms with Crippen molar-refractivity contribution in [2.45, 2.75) is 65.0 Å². The van der Waals surface area contributed by atoms with Crippen molar-refractivity contribution in [1.82, 2.24) is 4.90 Å². The molecule has 1 saturated heterocycles. The Labute approximate surface area is 161 Å². The number of hydrogen-bond donors (Lipinski definition) is 0. The van der Waals surface area contributed by atoms with E-state index >= 15 is 0 Å². The van der Waals surface area contributed by atoms with Gasteiger partial charge < -0.3 is 9.64 Å². The molecule has 1 heterocycles. The van der Waals surface area contributed by atoms with Crippen LogP contribution in [0.5, 0.6) is 0 Å². The average Bonchev–Trinajstić information content (AvgIpc) is 2.64. The normalized spacial score (nSPS) is 20.3. The van der Waals surface area contributed by atoms with Gasteiger partial charge in [0.25, 0.3) is 5.91 Å². The number of ether oxygens (including phenoxy) is 1. The molecule has 27 heavy (non-hydrogen) atoms. The van der Waals surface area contributed by atoms with Crippen molar-refractivity contribution in [2.75, 3.05) is 6.61 Å². The number of benzene rings is 1. The lowest BCUT2D eigenvalue weighted by Crippen LogP contribution is -2.49. The summed E-state index contributed by atoms with van der Waals surface area (Å²) in [6.07, 6.45) is 4.51. The molecular weight excluding hydrogens is 340 g/mol. The van der Waals surface area contributed by atoms with Crippen LogP contribution < -0.4 is 0 Å². The van der Waals surface area contributed by atoms with Crippen LogP contribution in [-0.4, -0.2) is 35.5 Å². The van der Waals surface area contributed by atoms with Crippen molar-refractivity contribution in [3.63, 3.8) is 0 Å². The number of likely N-dealkylation sites (tertiary alicyclic amines) is 1. The molecular formula is C22H28N2O3. The van der Waals surface area contributed by atoms with Crippen LogP contribution in [0.2, 0.25) is 0 Å². The Kier molecular flexibility index (Phi) is 7.18. The van der Waals surface area contributed by atoms with Gasteiger partial charge in [0.05, 0.1) is 0 Å². The fraction of sp³-hybridized carbons (Fsp3) is 0.500. The van der Waals surface area contributed by atoms with E-state index in [9.17, 15) is 14.9 Å². The smallest absolute Gasteiger partial charge is 0.349 e. The maximum atomic E-state index is 12.4. The van der Waals surface area contributed by atoms with E-state index in [0.717, 1.165) is 24.8 Å². The first-order valence-electron chi connectivity index (χ1n) is 9.53. The largest absolute Gasteiger partial charge is 0.451 e. The minimum atomic E-state index is -0.767. The molecule has 5 heteroatoms. The lowest BCUT2D eigenvalue weighted by molar-refractivity contribution is -0.151. The molecule has 0 aliphatic carbocycles. The quantitative estimate of drug-likeness (QED) is 0.447. The van der Waals surface area contributed by atoms with Crippen LogP contribution in [0.4, 0.5) is 0 Å². The van der Waals surface area contributed by atoms with Gasteiger partial charge in [0, 0.05) is 12.1 Å². The van der Waals surface area contributed by atoms with E-state index in [1.807, 2.05) is 44.2 Å². The third-order valence-corrected chi connectivity index (χ3v) is 5.06. The van der Waals surface area contributed by atoms with Gasteiger partial charge in [0.1, 0.15) is 11.6 Å². The minimum absolute atomic E-state index is 0.111. The summed E-state index contributed by atoms with van der Waals surface area (Å²) in [7, 11) is 0. The molecule has 2 atom stereocenters. The number of carbonyl (C=O) groups excluding carboxylic acids is 2. The number of rotatable bonds is 5. The summed E-state index contributed by atoms with van der Waals surface area (Å²) in [5.41, 5.74) is 1.82. The molecule has 0 unspecified atom stereocenters. The van der Waals surface area contributed by atoms with E-state index in [1.54, 1.807) is 4.90 Å². The molecule has 0 N–H and O–H groups in total. The van der Waals surface area contributed by atoms with E-state index in [-0.39, 0.29) is 30.2 Å². The van der Waals surface area contributed by atoms with Crippen LogP contribution in [0.15, 0.2) is 29.8 Å². The Bertz CT molecular complexity index is 734. The Hall–Kier alpha value is -2.61. The maximum Gasteiger partial charge on any atom is 0.349 e. The van der Waals surface area contributed by atoms with Crippen molar-refractivity contribution >= 4 is 18.0 Å². The minimum Gasteiger partial charge on any atom is -0.451 e. The van der Waals surface area contributed by atoms with Gasteiger partial charge in [-0.3, -0.25) is 4.79 Å². The third-order valence-electron chi connectivity index (χ3n) is 5.06. The van der Waals surface area contributed by atoms with Crippen LogP contribution in [0.25, 0.3) is 6.08 Å². The number of carbonyl (C=O) groups is 2. The van der Waals surface area contributed by atoms with Crippen molar-refractivity contribution < 1.29 is 14.3 Å². The van der Waals surface area contributed by atoms with E-state index in [0.29, 0.717) is 5.92 Å². The van der Waals surface area contributed by atoms with Gasteiger partial charge in [0.15, 0.2) is 6.61 Å². The van der Waals surface area contributed by atoms with E-state index in [4.69, 9.17) is 4.74 Å². The Morgan fingerprint density at radius 2 is 1.81 bits per heavy atom. The first kappa shape index (κ1) is 20.7. The van der Waals surface area contributed by atoms with Crippen LogP contribution in [0.3, 0.4) is 0 Å².